The molecule has 1 aliphatic rings. The Kier molecular flexibility index (Phi) is 13.2. The minimum Gasteiger partial charge on any atom is -0.477 e. The number of aldehydes is 1. The average Bonchev–Trinajstić information content (AvgIpc) is 2.67. The lowest BCUT2D eigenvalue weighted by atomic mass is 10.2. The van der Waals surface area contributed by atoms with E-state index in [1.165, 1.54) is 12.1 Å². The molecule has 0 amide bonds. The van der Waals surface area contributed by atoms with Crippen LogP contribution in [-0.2, 0) is 9.53 Å². The largest absolute Gasteiger partial charge is 0.477 e. The third kappa shape index (κ3) is 9.89. The van der Waals surface area contributed by atoms with Crippen LogP contribution >= 0.6 is 24.2 Å². The Morgan fingerprint density at radius 3 is 2.29 bits per heavy atom. The Morgan fingerprint density at radius 2 is 1.89 bits per heavy atom. The molecular weight excluding hydrogens is 407 g/mol. The number of ether oxygens (including phenoxy) is 1. The molecule has 0 aliphatic carbocycles. The highest BCUT2D eigenvalue weighted by molar-refractivity contribution is 7.85. The van der Waals surface area contributed by atoms with E-state index in [0.717, 1.165) is 18.8 Å². The first-order chi connectivity index (χ1) is 13.2. The van der Waals surface area contributed by atoms with Crippen LogP contribution in [0.3, 0.4) is 0 Å². The zero-order valence-electron chi connectivity index (χ0n) is 16.2. The lowest BCUT2D eigenvalue weighted by Crippen LogP contribution is -2.36. The molecule has 1 aromatic carbocycles. The molecule has 2 N–H and O–H groups in total. The predicted molar refractivity (Wildman–Crippen MR) is 114 cm³/mol. The zero-order valence-corrected chi connectivity index (χ0v) is 17.8. The number of carboxylic acids is 1. The van der Waals surface area contributed by atoms with Gasteiger partial charge < -0.3 is 20.1 Å². The van der Waals surface area contributed by atoms with Crippen LogP contribution in [-0.4, -0.2) is 57.8 Å². The van der Waals surface area contributed by atoms with Gasteiger partial charge in [0.25, 0.3) is 0 Å². The molecule has 1 saturated heterocycles. The van der Waals surface area contributed by atoms with Crippen molar-refractivity contribution >= 4 is 42.2 Å². The van der Waals surface area contributed by atoms with Gasteiger partial charge in [0.1, 0.15) is 17.0 Å². The molecule has 1 fully saturated rings. The van der Waals surface area contributed by atoms with Crippen molar-refractivity contribution in [1.29, 1.82) is 0 Å². The van der Waals surface area contributed by atoms with Gasteiger partial charge in [-0.2, -0.15) is 0 Å². The van der Waals surface area contributed by atoms with Crippen molar-refractivity contribution < 1.29 is 23.8 Å². The van der Waals surface area contributed by atoms with Crippen LogP contribution in [0.25, 0.3) is 0 Å². The number of carbonyl (C=O) groups excluding carboxylic acids is 1. The fourth-order valence-electron chi connectivity index (χ4n) is 1.96. The molecule has 28 heavy (non-hydrogen) atoms. The van der Waals surface area contributed by atoms with Crippen molar-refractivity contribution in [2.45, 2.75) is 6.92 Å². The Hall–Kier alpha value is -1.87. The smallest absolute Gasteiger partial charge is 0.343 e. The lowest BCUT2D eigenvalue weighted by molar-refractivity contribution is -0.131. The number of nitrogens with zero attached hydrogens (tertiary/aromatic N) is 1. The number of anilines is 1. The van der Waals surface area contributed by atoms with E-state index in [4.69, 9.17) is 21.4 Å². The predicted octanol–water partition coefficient (Wildman–Crippen LogP) is 3.34. The van der Waals surface area contributed by atoms with Gasteiger partial charge in [-0.3, -0.25) is 4.79 Å². The topological polar surface area (TPSA) is 78.9 Å². The molecule has 156 valence electrons. The Labute approximate surface area is 175 Å². The summed E-state index contributed by atoms with van der Waals surface area (Å²) in [5.74, 6) is -1.52. The van der Waals surface area contributed by atoms with Crippen LogP contribution in [0.2, 0.25) is 0 Å². The molecule has 9 heteroatoms. The van der Waals surface area contributed by atoms with Crippen LogP contribution in [0.4, 0.5) is 10.1 Å². The van der Waals surface area contributed by atoms with Gasteiger partial charge in [-0.25, -0.2) is 9.18 Å². The van der Waals surface area contributed by atoms with Gasteiger partial charge in [-0.05, 0) is 44.8 Å². The lowest BCUT2D eigenvalue weighted by Gasteiger charge is -2.29. The number of halogens is 2. The number of thiol groups is 1. The van der Waals surface area contributed by atoms with E-state index >= 15 is 0 Å². The van der Waals surface area contributed by atoms with Crippen molar-refractivity contribution in [3.63, 3.8) is 0 Å². The monoisotopic (exact) mass is 432 g/mol. The van der Waals surface area contributed by atoms with E-state index in [1.807, 2.05) is 19.0 Å². The van der Waals surface area contributed by atoms with E-state index < -0.39 is 5.97 Å². The number of aliphatic carboxylic acids is 1. The summed E-state index contributed by atoms with van der Waals surface area (Å²) in [6.07, 6.45) is 0.660. The normalized spacial score (nSPS) is 13.9. The minimum absolute atomic E-state index is 0.0934. The van der Waals surface area contributed by atoms with Crippen LogP contribution in [0.1, 0.15) is 17.3 Å². The summed E-state index contributed by atoms with van der Waals surface area (Å²) in [5.41, 5.74) is 1.62. The number of hydrogen-bond acceptors (Lipinski definition) is 6. The van der Waals surface area contributed by atoms with Crippen molar-refractivity contribution in [3.8, 4) is 0 Å². The van der Waals surface area contributed by atoms with Gasteiger partial charge in [0, 0.05) is 24.3 Å². The third-order valence-electron chi connectivity index (χ3n) is 3.20. The molecular formula is C19H26ClFN2O4S. The van der Waals surface area contributed by atoms with Crippen LogP contribution in [0, 0.1) is 5.82 Å². The summed E-state index contributed by atoms with van der Waals surface area (Å²) in [7, 11) is 3.75. The van der Waals surface area contributed by atoms with Crippen molar-refractivity contribution in [1.82, 2.24) is 5.32 Å². The molecule has 0 aromatic heterocycles. The fourth-order valence-corrected chi connectivity index (χ4v) is 2.24. The summed E-state index contributed by atoms with van der Waals surface area (Å²) in [6, 6.07) is 4.37. The number of nitrogens with one attached hydrogen (secondary N) is 1. The molecule has 0 spiro atoms. The van der Waals surface area contributed by atoms with Crippen LogP contribution in [0.5, 0.6) is 0 Å². The van der Waals surface area contributed by atoms with E-state index in [0.29, 0.717) is 30.6 Å². The summed E-state index contributed by atoms with van der Waals surface area (Å²) in [5, 5.41) is 11.2. The first-order valence-corrected chi connectivity index (χ1v) is 9.15. The summed E-state index contributed by atoms with van der Waals surface area (Å²) in [6.45, 7) is 7.84. The maximum absolute atomic E-state index is 13.2. The van der Waals surface area contributed by atoms with Crippen LogP contribution < -0.4 is 10.2 Å². The first-order valence-electron chi connectivity index (χ1n) is 8.32. The summed E-state index contributed by atoms with van der Waals surface area (Å²) in [4.78, 5) is 22.6. The number of allylic oxidation sites excluding steroid dienone is 2. The zero-order chi connectivity index (χ0) is 21.7. The second-order valence-corrected chi connectivity index (χ2v) is 6.53. The van der Waals surface area contributed by atoms with Gasteiger partial charge in [0.05, 0.1) is 18.2 Å². The van der Waals surface area contributed by atoms with E-state index in [1.54, 1.807) is 13.0 Å². The molecule has 0 radical (unpaired) electrons. The maximum Gasteiger partial charge on any atom is 0.343 e. The molecule has 0 bridgehead atoms. The molecule has 1 aliphatic heterocycles. The molecule has 1 aromatic rings. The molecule has 0 saturated carbocycles. The van der Waals surface area contributed by atoms with Crippen molar-refractivity contribution in [2.75, 3.05) is 45.3 Å². The Bertz CT molecular complexity index is 685. The highest BCUT2D eigenvalue weighted by atomic mass is 35.5. The SMILES string of the molecule is C=C(C)/C(Cl)=C(\S)C(=O)O.CNC.O=Cc1cc(F)cc(N2CCOCC2)c1. The highest BCUT2D eigenvalue weighted by Gasteiger charge is 2.12. The van der Waals surface area contributed by atoms with Gasteiger partial charge >= 0.3 is 5.97 Å². The highest BCUT2D eigenvalue weighted by Crippen LogP contribution is 2.20. The third-order valence-corrected chi connectivity index (χ3v) is 4.26. The Morgan fingerprint density at radius 1 is 1.36 bits per heavy atom. The van der Waals surface area contributed by atoms with E-state index in [-0.39, 0.29) is 15.8 Å². The maximum atomic E-state index is 13.2. The van der Waals surface area contributed by atoms with Gasteiger partial charge in [-0.1, -0.05) is 18.2 Å². The average molecular weight is 433 g/mol. The number of carbonyl (C=O) groups is 2. The number of benzene rings is 1. The minimum atomic E-state index is -1.14. The summed E-state index contributed by atoms with van der Waals surface area (Å²) < 4.78 is 18.4. The van der Waals surface area contributed by atoms with Gasteiger partial charge in [0.15, 0.2) is 0 Å². The number of hydrogen-bond donors (Lipinski definition) is 3. The number of morpholine rings is 1. The van der Waals surface area contributed by atoms with E-state index in [2.05, 4.69) is 24.5 Å². The second-order valence-electron chi connectivity index (χ2n) is 5.71. The van der Waals surface area contributed by atoms with Gasteiger partial charge in [-0.15, -0.1) is 12.6 Å². The van der Waals surface area contributed by atoms with E-state index in [9.17, 15) is 14.0 Å². The molecule has 0 atom stereocenters. The van der Waals surface area contributed by atoms with Crippen molar-refractivity contribution in [2.24, 2.45) is 0 Å². The Balaban J connectivity index is 0.000000489. The summed E-state index contributed by atoms with van der Waals surface area (Å²) >= 11 is 9.13. The van der Waals surface area contributed by atoms with Gasteiger partial charge in [0.2, 0.25) is 0 Å². The molecule has 2 rings (SSSR count). The number of carboxylic acid groups (broad SMARTS) is 1. The molecule has 6 nitrogen and oxygen atoms in total. The quantitative estimate of drug-likeness (QED) is 0.293. The molecule has 0 unspecified atom stereocenters. The fraction of sp³-hybridized carbons (Fsp3) is 0.368. The first kappa shape index (κ1) is 26.1. The molecule has 1 heterocycles. The second kappa shape index (κ2) is 14.2. The van der Waals surface area contributed by atoms with Crippen molar-refractivity contribution in [3.05, 3.63) is 51.7 Å². The standard InChI is InChI=1S/C11H12FNO2.C6H7ClO2S.C2H7N/c12-10-5-9(8-14)6-11(7-10)13-1-3-15-4-2-13;1-3(2)4(7)5(10)6(8)9;1-3-2/h5-8H,1-4H2;10H,1H2,2H3,(H,8,9);3H,1-2H3/b;5-4+;. The number of rotatable bonds is 4. The van der Waals surface area contributed by atoms with Crippen LogP contribution in [0.15, 0.2) is 40.3 Å².